The fourth-order valence-electron chi connectivity index (χ4n) is 2.91. The summed E-state index contributed by atoms with van der Waals surface area (Å²) in [5.41, 5.74) is 1.08. The summed E-state index contributed by atoms with van der Waals surface area (Å²) in [4.78, 5) is 48.5. The van der Waals surface area contributed by atoms with Gasteiger partial charge in [0.05, 0.1) is 12.0 Å². The quantitative estimate of drug-likeness (QED) is 0.302. The van der Waals surface area contributed by atoms with E-state index >= 15 is 0 Å². The number of benzene rings is 2. The van der Waals surface area contributed by atoms with Gasteiger partial charge in [0.1, 0.15) is 12.2 Å². The number of ether oxygens (including phenoxy) is 2. The van der Waals surface area contributed by atoms with Crippen LogP contribution in [0.1, 0.15) is 11.1 Å². The molecule has 3 rings (SSSR count). The molecule has 1 aliphatic heterocycles. The molecule has 0 atom stereocenters. The molecule has 0 radical (unpaired) electrons. The molecule has 1 aliphatic rings. The van der Waals surface area contributed by atoms with E-state index in [4.69, 9.17) is 9.47 Å². The Hall–Kier alpha value is -4.21. The van der Waals surface area contributed by atoms with Gasteiger partial charge in [-0.05, 0) is 41.5 Å². The number of nitrogens with zero attached hydrogens (tertiary/aromatic N) is 3. The van der Waals surface area contributed by atoms with E-state index in [2.05, 4.69) is 0 Å². The summed E-state index contributed by atoms with van der Waals surface area (Å²) in [6.07, 6.45) is 1.38. The number of methoxy groups -OCH3 is 1. The maximum atomic E-state index is 12.3. The van der Waals surface area contributed by atoms with E-state index in [9.17, 15) is 24.5 Å². The normalized spacial score (nSPS) is 14.0. The average Bonchev–Trinajstić information content (AvgIpc) is 2.78. The van der Waals surface area contributed by atoms with Crippen LogP contribution in [0.3, 0.4) is 0 Å². The molecule has 0 spiro atoms. The number of hydrogen-bond acceptors (Lipinski definition) is 7. The van der Waals surface area contributed by atoms with Gasteiger partial charge in [0.2, 0.25) is 0 Å². The molecule has 0 unspecified atom stereocenters. The molecule has 31 heavy (non-hydrogen) atoms. The summed E-state index contributed by atoms with van der Waals surface area (Å²) in [5.74, 6) is -0.602. The maximum absolute atomic E-state index is 12.3. The number of carbonyl (C=O) groups excluding carboxylic acids is 3. The highest BCUT2D eigenvalue weighted by Crippen LogP contribution is 2.30. The second-order valence-corrected chi connectivity index (χ2v) is 6.69. The third-order valence-corrected chi connectivity index (χ3v) is 4.68. The standard InChI is InChI=1S/C21H19N3O7/c1-22-19(25)16(20(26)23(2)21(22)27)10-14-6-9-17(18(11-14)30-3)31-12-13-4-7-15(8-5-13)24(28)29/h4-11H,12H2,1-3H3. The first-order valence-electron chi connectivity index (χ1n) is 9.09. The first-order valence-corrected chi connectivity index (χ1v) is 9.09. The van der Waals surface area contributed by atoms with Crippen LogP contribution in [-0.2, 0) is 16.2 Å². The van der Waals surface area contributed by atoms with Crippen molar-refractivity contribution in [3.63, 3.8) is 0 Å². The molecule has 160 valence electrons. The van der Waals surface area contributed by atoms with Crippen molar-refractivity contribution in [2.75, 3.05) is 21.2 Å². The molecule has 2 aromatic carbocycles. The highest BCUT2D eigenvalue weighted by molar-refractivity contribution is 6.30. The van der Waals surface area contributed by atoms with Crippen molar-refractivity contribution >= 4 is 29.6 Å². The number of nitro benzene ring substituents is 1. The number of carbonyl (C=O) groups is 3. The van der Waals surface area contributed by atoms with Gasteiger partial charge in [-0.1, -0.05) is 6.07 Å². The third-order valence-electron chi connectivity index (χ3n) is 4.68. The Morgan fingerprint density at radius 1 is 0.968 bits per heavy atom. The highest BCUT2D eigenvalue weighted by Gasteiger charge is 2.37. The van der Waals surface area contributed by atoms with Gasteiger partial charge in [-0.25, -0.2) is 4.79 Å². The topological polar surface area (TPSA) is 119 Å². The molecule has 0 bridgehead atoms. The van der Waals surface area contributed by atoms with Crippen molar-refractivity contribution in [2.24, 2.45) is 0 Å². The van der Waals surface area contributed by atoms with Crippen molar-refractivity contribution < 1.29 is 28.8 Å². The number of nitro groups is 1. The molecule has 0 saturated carbocycles. The van der Waals surface area contributed by atoms with Crippen LogP contribution >= 0.6 is 0 Å². The molecular formula is C21H19N3O7. The van der Waals surface area contributed by atoms with Crippen LogP contribution < -0.4 is 9.47 Å². The number of non-ortho nitro benzene ring substituents is 1. The molecule has 10 heteroatoms. The summed E-state index contributed by atoms with van der Waals surface area (Å²) in [6.45, 7) is 0.156. The minimum atomic E-state index is -0.695. The van der Waals surface area contributed by atoms with Crippen LogP contribution in [0.25, 0.3) is 6.08 Å². The van der Waals surface area contributed by atoms with Gasteiger partial charge in [-0.15, -0.1) is 0 Å². The Balaban J connectivity index is 1.80. The number of urea groups is 1. The number of imide groups is 2. The molecule has 1 heterocycles. The van der Waals surface area contributed by atoms with Crippen molar-refractivity contribution in [3.05, 3.63) is 69.3 Å². The van der Waals surface area contributed by atoms with Crippen molar-refractivity contribution in [3.8, 4) is 11.5 Å². The molecule has 1 saturated heterocycles. The summed E-state index contributed by atoms with van der Waals surface area (Å²) in [6, 6.07) is 10.1. The van der Waals surface area contributed by atoms with E-state index in [1.165, 1.54) is 39.4 Å². The lowest BCUT2D eigenvalue weighted by Crippen LogP contribution is -2.52. The maximum Gasteiger partial charge on any atom is 0.333 e. The largest absolute Gasteiger partial charge is 0.493 e. The molecule has 10 nitrogen and oxygen atoms in total. The Morgan fingerprint density at radius 2 is 1.58 bits per heavy atom. The van der Waals surface area contributed by atoms with Gasteiger partial charge in [-0.3, -0.25) is 29.5 Å². The Bertz CT molecular complexity index is 1070. The van der Waals surface area contributed by atoms with Gasteiger partial charge in [0.25, 0.3) is 17.5 Å². The first-order chi connectivity index (χ1) is 14.7. The van der Waals surface area contributed by atoms with E-state index in [0.29, 0.717) is 17.1 Å². The van der Waals surface area contributed by atoms with Crippen LogP contribution in [0, 0.1) is 10.1 Å². The predicted octanol–water partition coefficient (Wildman–Crippen LogP) is 2.62. The van der Waals surface area contributed by atoms with Gasteiger partial charge in [0.15, 0.2) is 11.5 Å². The van der Waals surface area contributed by atoms with Gasteiger partial charge in [-0.2, -0.15) is 0 Å². The summed E-state index contributed by atoms with van der Waals surface area (Å²) < 4.78 is 11.1. The zero-order valence-corrected chi connectivity index (χ0v) is 17.0. The van der Waals surface area contributed by atoms with Crippen molar-refractivity contribution in [2.45, 2.75) is 6.61 Å². The molecule has 4 amide bonds. The zero-order chi connectivity index (χ0) is 22.7. The molecule has 0 aromatic heterocycles. The number of rotatable bonds is 6. The van der Waals surface area contributed by atoms with E-state index in [1.807, 2.05) is 0 Å². The lowest BCUT2D eigenvalue weighted by atomic mass is 10.1. The average molecular weight is 425 g/mol. The monoisotopic (exact) mass is 425 g/mol. The fraction of sp³-hybridized carbons (Fsp3) is 0.190. The first kappa shape index (κ1) is 21.5. The Labute approximate surface area is 177 Å². The fourth-order valence-corrected chi connectivity index (χ4v) is 2.91. The molecule has 0 aliphatic carbocycles. The predicted molar refractivity (Wildman–Crippen MR) is 109 cm³/mol. The molecule has 2 aromatic rings. The van der Waals surface area contributed by atoms with Gasteiger partial charge in [0, 0.05) is 26.2 Å². The summed E-state index contributed by atoms with van der Waals surface area (Å²) in [7, 11) is 4.05. The Kier molecular flexibility index (Phi) is 6.00. The summed E-state index contributed by atoms with van der Waals surface area (Å²) in [5, 5.41) is 10.7. The second-order valence-electron chi connectivity index (χ2n) is 6.69. The lowest BCUT2D eigenvalue weighted by Gasteiger charge is -2.28. The minimum Gasteiger partial charge on any atom is -0.493 e. The smallest absolute Gasteiger partial charge is 0.333 e. The van der Waals surface area contributed by atoms with Crippen LogP contribution in [-0.4, -0.2) is 53.8 Å². The van der Waals surface area contributed by atoms with Crippen LogP contribution in [0.15, 0.2) is 48.0 Å². The molecule has 1 fully saturated rings. The molecule has 0 N–H and O–H groups in total. The zero-order valence-electron chi connectivity index (χ0n) is 17.0. The number of hydrogen-bond donors (Lipinski definition) is 0. The van der Waals surface area contributed by atoms with E-state index in [1.54, 1.807) is 30.3 Å². The minimum absolute atomic E-state index is 0.0106. The SMILES string of the molecule is COc1cc(C=C2C(=O)N(C)C(=O)N(C)C2=O)ccc1OCc1ccc([N+](=O)[O-])cc1. The van der Waals surface area contributed by atoms with Crippen LogP contribution in [0.5, 0.6) is 11.5 Å². The molecular weight excluding hydrogens is 406 g/mol. The van der Waals surface area contributed by atoms with Gasteiger partial charge < -0.3 is 9.47 Å². The lowest BCUT2D eigenvalue weighted by molar-refractivity contribution is -0.384. The van der Waals surface area contributed by atoms with Gasteiger partial charge >= 0.3 is 6.03 Å². The number of amides is 4. The number of likely N-dealkylation sites (N-methyl/N-ethyl adjacent to an activating group) is 2. The van der Waals surface area contributed by atoms with Crippen LogP contribution in [0.2, 0.25) is 0 Å². The van der Waals surface area contributed by atoms with Crippen LogP contribution in [0.4, 0.5) is 10.5 Å². The second kappa shape index (κ2) is 8.66. The highest BCUT2D eigenvalue weighted by atomic mass is 16.6. The van der Waals surface area contributed by atoms with E-state index in [0.717, 1.165) is 15.4 Å². The van der Waals surface area contributed by atoms with Crippen molar-refractivity contribution in [1.29, 1.82) is 0 Å². The van der Waals surface area contributed by atoms with E-state index in [-0.39, 0.29) is 17.9 Å². The Morgan fingerprint density at radius 3 is 2.13 bits per heavy atom. The number of barbiturate groups is 1. The van der Waals surface area contributed by atoms with Crippen molar-refractivity contribution in [1.82, 2.24) is 9.80 Å². The summed E-state index contributed by atoms with van der Waals surface area (Å²) >= 11 is 0. The third kappa shape index (κ3) is 4.37. The van der Waals surface area contributed by atoms with E-state index < -0.39 is 22.8 Å².